The zero-order chi connectivity index (χ0) is 10.8. The van der Waals surface area contributed by atoms with Crippen LogP contribution in [0.2, 0.25) is 0 Å². The first-order chi connectivity index (χ1) is 6.45. The lowest BCUT2D eigenvalue weighted by atomic mass is 9.95. The van der Waals surface area contributed by atoms with E-state index in [1.54, 1.807) is 12.1 Å². The van der Waals surface area contributed by atoms with Crippen molar-refractivity contribution in [2.75, 3.05) is 7.11 Å². The third-order valence-corrected chi connectivity index (χ3v) is 2.05. The normalized spacial score (nSPS) is 11.1. The fraction of sp³-hybridized carbons (Fsp3) is 0.364. The molecule has 3 heteroatoms. The van der Waals surface area contributed by atoms with Crippen LogP contribution in [-0.2, 0) is 10.3 Å². The highest BCUT2D eigenvalue weighted by Crippen LogP contribution is 2.17. The Hall–Kier alpha value is -1.35. The van der Waals surface area contributed by atoms with Crippen molar-refractivity contribution < 1.29 is 9.53 Å². The number of hydrogen-bond donors (Lipinski definition) is 1. The number of carbonyl (C=O) groups excluding carboxylic acids is 1. The van der Waals surface area contributed by atoms with Gasteiger partial charge in [-0.2, -0.15) is 0 Å². The summed E-state index contributed by atoms with van der Waals surface area (Å²) < 4.78 is 4.59. The average Bonchev–Trinajstić information content (AvgIpc) is 2.15. The predicted octanol–water partition coefficient (Wildman–Crippen LogP) is 1.67. The second-order valence-electron chi connectivity index (χ2n) is 3.79. The van der Waals surface area contributed by atoms with E-state index >= 15 is 0 Å². The van der Waals surface area contributed by atoms with Crippen LogP contribution in [0.5, 0.6) is 0 Å². The molecule has 0 saturated heterocycles. The maximum atomic E-state index is 11.1. The van der Waals surface area contributed by atoms with E-state index in [4.69, 9.17) is 5.73 Å². The quantitative estimate of drug-likeness (QED) is 0.727. The summed E-state index contributed by atoms with van der Waals surface area (Å²) in [6.07, 6.45) is 0. The van der Waals surface area contributed by atoms with Gasteiger partial charge in [-0.25, -0.2) is 4.79 Å². The zero-order valence-electron chi connectivity index (χ0n) is 8.70. The molecule has 1 aromatic carbocycles. The number of hydrogen-bond acceptors (Lipinski definition) is 3. The van der Waals surface area contributed by atoms with Gasteiger partial charge in [0.05, 0.1) is 12.7 Å². The number of esters is 1. The molecule has 0 aliphatic carbocycles. The van der Waals surface area contributed by atoms with Crippen LogP contribution in [0.3, 0.4) is 0 Å². The molecule has 0 fully saturated rings. The lowest BCUT2D eigenvalue weighted by molar-refractivity contribution is 0.0600. The molecule has 0 aliphatic heterocycles. The van der Waals surface area contributed by atoms with Gasteiger partial charge in [0.2, 0.25) is 0 Å². The molecule has 0 spiro atoms. The van der Waals surface area contributed by atoms with Crippen LogP contribution in [0.25, 0.3) is 0 Å². The van der Waals surface area contributed by atoms with Gasteiger partial charge in [-0.15, -0.1) is 0 Å². The average molecular weight is 193 g/mol. The lowest BCUT2D eigenvalue weighted by Gasteiger charge is -2.18. The maximum absolute atomic E-state index is 11.1. The Morgan fingerprint density at radius 2 is 1.79 bits per heavy atom. The van der Waals surface area contributed by atoms with Crippen LogP contribution in [0.1, 0.15) is 29.8 Å². The van der Waals surface area contributed by atoms with E-state index in [0.717, 1.165) is 5.56 Å². The molecule has 1 aromatic rings. The van der Waals surface area contributed by atoms with Gasteiger partial charge in [0.15, 0.2) is 0 Å². The van der Waals surface area contributed by atoms with Gasteiger partial charge in [0, 0.05) is 5.54 Å². The molecule has 2 N–H and O–H groups in total. The van der Waals surface area contributed by atoms with E-state index in [9.17, 15) is 4.79 Å². The van der Waals surface area contributed by atoms with Crippen LogP contribution in [0, 0.1) is 0 Å². The Balaban J connectivity index is 2.95. The number of rotatable bonds is 2. The summed E-state index contributed by atoms with van der Waals surface area (Å²) in [6.45, 7) is 3.83. The summed E-state index contributed by atoms with van der Waals surface area (Å²) in [7, 11) is 1.36. The van der Waals surface area contributed by atoms with Crippen molar-refractivity contribution >= 4 is 5.97 Å². The molecule has 0 radical (unpaired) electrons. The lowest BCUT2D eigenvalue weighted by Crippen LogP contribution is -2.28. The van der Waals surface area contributed by atoms with Gasteiger partial charge in [-0.05, 0) is 31.5 Å². The van der Waals surface area contributed by atoms with Gasteiger partial charge >= 0.3 is 5.97 Å². The minimum atomic E-state index is -0.380. The van der Waals surface area contributed by atoms with Crippen LogP contribution < -0.4 is 5.73 Å². The number of carbonyl (C=O) groups is 1. The fourth-order valence-electron chi connectivity index (χ4n) is 1.15. The minimum Gasteiger partial charge on any atom is -0.465 e. The summed E-state index contributed by atoms with van der Waals surface area (Å²) in [5.41, 5.74) is 7.05. The molecule has 0 bridgehead atoms. The largest absolute Gasteiger partial charge is 0.465 e. The molecule has 0 amide bonds. The Kier molecular flexibility index (Phi) is 2.91. The first-order valence-corrected chi connectivity index (χ1v) is 4.43. The molecule has 0 atom stereocenters. The Labute approximate surface area is 83.9 Å². The number of benzene rings is 1. The summed E-state index contributed by atoms with van der Waals surface area (Å²) in [6, 6.07) is 7.12. The summed E-state index contributed by atoms with van der Waals surface area (Å²) >= 11 is 0. The molecule has 0 saturated carbocycles. The van der Waals surface area contributed by atoms with E-state index in [-0.39, 0.29) is 11.5 Å². The highest BCUT2D eigenvalue weighted by atomic mass is 16.5. The monoisotopic (exact) mass is 193 g/mol. The summed E-state index contributed by atoms with van der Waals surface area (Å²) in [4.78, 5) is 11.1. The third-order valence-electron chi connectivity index (χ3n) is 2.05. The van der Waals surface area contributed by atoms with Crippen LogP contribution in [-0.4, -0.2) is 13.1 Å². The molecular formula is C11H15NO2. The Morgan fingerprint density at radius 1 is 1.29 bits per heavy atom. The van der Waals surface area contributed by atoms with Crippen molar-refractivity contribution in [3.05, 3.63) is 35.4 Å². The van der Waals surface area contributed by atoms with E-state index in [0.29, 0.717) is 5.56 Å². The molecule has 76 valence electrons. The van der Waals surface area contributed by atoms with E-state index in [2.05, 4.69) is 4.74 Å². The standard InChI is InChI=1S/C11H15NO2/c1-11(2,12)9-6-4-8(5-7-9)10(13)14-3/h4-7H,12H2,1-3H3. The molecule has 0 heterocycles. The minimum absolute atomic E-state index is 0.327. The van der Waals surface area contributed by atoms with Crippen LogP contribution in [0.4, 0.5) is 0 Å². The van der Waals surface area contributed by atoms with Crippen LogP contribution >= 0.6 is 0 Å². The molecule has 0 aliphatic rings. The van der Waals surface area contributed by atoms with Gasteiger partial charge in [-0.3, -0.25) is 0 Å². The second kappa shape index (κ2) is 3.80. The van der Waals surface area contributed by atoms with Crippen molar-refractivity contribution in [3.8, 4) is 0 Å². The SMILES string of the molecule is COC(=O)c1ccc(C(C)(C)N)cc1. The second-order valence-corrected chi connectivity index (χ2v) is 3.79. The third kappa shape index (κ3) is 2.33. The molecule has 14 heavy (non-hydrogen) atoms. The summed E-state index contributed by atoms with van der Waals surface area (Å²) in [5.74, 6) is -0.327. The Morgan fingerprint density at radius 3 is 2.14 bits per heavy atom. The van der Waals surface area contributed by atoms with E-state index in [1.807, 2.05) is 26.0 Å². The van der Waals surface area contributed by atoms with Gasteiger partial charge < -0.3 is 10.5 Å². The fourth-order valence-corrected chi connectivity index (χ4v) is 1.15. The predicted molar refractivity (Wildman–Crippen MR) is 55.0 cm³/mol. The number of methoxy groups -OCH3 is 1. The first kappa shape index (κ1) is 10.7. The molecule has 0 unspecified atom stereocenters. The first-order valence-electron chi connectivity index (χ1n) is 4.43. The topological polar surface area (TPSA) is 52.3 Å². The summed E-state index contributed by atoms with van der Waals surface area (Å²) in [5, 5.41) is 0. The van der Waals surface area contributed by atoms with Crippen molar-refractivity contribution in [2.45, 2.75) is 19.4 Å². The highest BCUT2D eigenvalue weighted by molar-refractivity contribution is 5.89. The number of ether oxygens (including phenoxy) is 1. The molecule has 0 aromatic heterocycles. The maximum Gasteiger partial charge on any atom is 0.337 e. The van der Waals surface area contributed by atoms with E-state index in [1.165, 1.54) is 7.11 Å². The van der Waals surface area contributed by atoms with Crippen molar-refractivity contribution in [1.82, 2.24) is 0 Å². The van der Waals surface area contributed by atoms with Gasteiger partial charge in [0.1, 0.15) is 0 Å². The molecule has 1 rings (SSSR count). The highest BCUT2D eigenvalue weighted by Gasteiger charge is 2.14. The van der Waals surface area contributed by atoms with Gasteiger partial charge in [0.25, 0.3) is 0 Å². The number of nitrogens with two attached hydrogens (primary N) is 1. The van der Waals surface area contributed by atoms with Crippen molar-refractivity contribution in [1.29, 1.82) is 0 Å². The van der Waals surface area contributed by atoms with Crippen molar-refractivity contribution in [3.63, 3.8) is 0 Å². The zero-order valence-corrected chi connectivity index (χ0v) is 8.70. The van der Waals surface area contributed by atoms with Crippen LogP contribution in [0.15, 0.2) is 24.3 Å². The molecule has 3 nitrogen and oxygen atoms in total. The van der Waals surface area contributed by atoms with Gasteiger partial charge in [-0.1, -0.05) is 12.1 Å². The van der Waals surface area contributed by atoms with Crippen molar-refractivity contribution in [2.24, 2.45) is 5.73 Å². The Bertz CT molecular complexity index is 322. The molecular weight excluding hydrogens is 178 g/mol. The van der Waals surface area contributed by atoms with E-state index < -0.39 is 0 Å². The smallest absolute Gasteiger partial charge is 0.337 e.